The Morgan fingerprint density at radius 3 is 2.39 bits per heavy atom. The zero-order chi connectivity index (χ0) is 13.0. The van der Waals surface area contributed by atoms with Crippen LogP contribution in [0.3, 0.4) is 0 Å². The summed E-state index contributed by atoms with van der Waals surface area (Å²) in [4.78, 5) is 0. The van der Waals surface area contributed by atoms with E-state index in [1.54, 1.807) is 11.1 Å². The van der Waals surface area contributed by atoms with Crippen molar-refractivity contribution in [1.29, 1.82) is 0 Å². The number of nitrogens with one attached hydrogen (secondary N) is 1. The summed E-state index contributed by atoms with van der Waals surface area (Å²) in [5.41, 5.74) is 4.51. The van der Waals surface area contributed by atoms with Crippen LogP contribution in [0.25, 0.3) is 0 Å². The fourth-order valence-corrected chi connectivity index (χ4v) is 2.88. The highest BCUT2D eigenvalue weighted by Gasteiger charge is 2.26. The summed E-state index contributed by atoms with van der Waals surface area (Å²) in [7, 11) is 0. The maximum atomic E-state index is 3.70. The first-order chi connectivity index (χ1) is 8.70. The van der Waals surface area contributed by atoms with E-state index >= 15 is 0 Å². The predicted octanol–water partition coefficient (Wildman–Crippen LogP) is 3.74. The van der Waals surface area contributed by atoms with Crippen molar-refractivity contribution < 1.29 is 0 Å². The Morgan fingerprint density at radius 2 is 1.89 bits per heavy atom. The average Bonchev–Trinajstić information content (AvgIpc) is 2.77. The maximum Gasteiger partial charge on any atom is 0.0287 e. The molecule has 1 heteroatoms. The van der Waals surface area contributed by atoms with Crippen molar-refractivity contribution in [1.82, 2.24) is 5.32 Å². The minimum absolute atomic E-state index is 0.530. The monoisotopic (exact) mass is 243 g/mol. The summed E-state index contributed by atoms with van der Waals surface area (Å²) in [6.45, 7) is 7.74. The van der Waals surface area contributed by atoms with E-state index in [2.05, 4.69) is 56.4 Å². The van der Waals surface area contributed by atoms with Crippen LogP contribution < -0.4 is 5.32 Å². The first-order valence-corrected chi connectivity index (χ1v) is 7.16. The molecule has 0 fully saturated rings. The number of hydrogen-bond donors (Lipinski definition) is 1. The molecule has 1 aromatic carbocycles. The second-order valence-electron chi connectivity index (χ2n) is 5.66. The fourth-order valence-electron chi connectivity index (χ4n) is 2.88. The standard InChI is InChI=1S/C17H25N/c1-4-9-18-17(10-13(2)3)16-11-14-7-5-6-8-15(14)12-16/h5-8,10,16-18H,4,9,11-12H2,1-3H3. The summed E-state index contributed by atoms with van der Waals surface area (Å²) in [6, 6.07) is 9.43. The molecule has 1 N–H and O–H groups in total. The minimum Gasteiger partial charge on any atom is -0.310 e. The molecule has 0 aliphatic heterocycles. The zero-order valence-electron chi connectivity index (χ0n) is 11.9. The van der Waals surface area contributed by atoms with E-state index in [1.807, 2.05) is 0 Å². The normalized spacial score (nSPS) is 16.4. The number of rotatable bonds is 5. The topological polar surface area (TPSA) is 12.0 Å². The number of hydrogen-bond acceptors (Lipinski definition) is 1. The molecule has 0 amide bonds. The molecule has 1 aromatic rings. The van der Waals surface area contributed by atoms with Gasteiger partial charge in [-0.3, -0.25) is 0 Å². The Labute approximate surface area is 111 Å². The van der Waals surface area contributed by atoms with Crippen molar-refractivity contribution in [3.8, 4) is 0 Å². The predicted molar refractivity (Wildman–Crippen MR) is 78.9 cm³/mol. The summed E-state index contributed by atoms with van der Waals surface area (Å²) in [5.74, 6) is 0.726. The molecule has 1 unspecified atom stereocenters. The van der Waals surface area contributed by atoms with Gasteiger partial charge in [-0.2, -0.15) is 0 Å². The van der Waals surface area contributed by atoms with E-state index < -0.39 is 0 Å². The molecule has 0 saturated carbocycles. The lowest BCUT2D eigenvalue weighted by Crippen LogP contribution is -2.35. The molecule has 0 heterocycles. The van der Waals surface area contributed by atoms with Crippen LogP contribution in [-0.2, 0) is 12.8 Å². The second kappa shape index (κ2) is 6.19. The van der Waals surface area contributed by atoms with Crippen molar-refractivity contribution in [2.45, 2.75) is 46.1 Å². The van der Waals surface area contributed by atoms with Gasteiger partial charge < -0.3 is 5.32 Å². The van der Waals surface area contributed by atoms with E-state index in [4.69, 9.17) is 0 Å². The largest absolute Gasteiger partial charge is 0.310 e. The van der Waals surface area contributed by atoms with Crippen LogP contribution in [0.15, 0.2) is 35.9 Å². The number of benzene rings is 1. The quantitative estimate of drug-likeness (QED) is 0.777. The summed E-state index contributed by atoms with van der Waals surface area (Å²) >= 11 is 0. The van der Waals surface area contributed by atoms with Crippen LogP contribution in [0, 0.1) is 5.92 Å². The molecule has 18 heavy (non-hydrogen) atoms. The van der Waals surface area contributed by atoms with Crippen LogP contribution in [0.2, 0.25) is 0 Å². The molecule has 0 aromatic heterocycles. The van der Waals surface area contributed by atoms with Gasteiger partial charge in [0, 0.05) is 6.04 Å². The minimum atomic E-state index is 0.530. The summed E-state index contributed by atoms with van der Waals surface area (Å²) in [5, 5.41) is 3.70. The molecule has 0 bridgehead atoms. The molecule has 1 atom stereocenters. The summed E-state index contributed by atoms with van der Waals surface area (Å²) in [6.07, 6.45) is 6.06. The van der Waals surface area contributed by atoms with Gasteiger partial charge in [-0.25, -0.2) is 0 Å². The third kappa shape index (κ3) is 3.23. The Morgan fingerprint density at radius 1 is 1.28 bits per heavy atom. The second-order valence-corrected chi connectivity index (χ2v) is 5.66. The third-order valence-corrected chi connectivity index (χ3v) is 3.73. The van der Waals surface area contributed by atoms with Gasteiger partial charge in [0.2, 0.25) is 0 Å². The molecule has 0 saturated heterocycles. The van der Waals surface area contributed by atoms with Crippen LogP contribution in [0.1, 0.15) is 38.3 Å². The van der Waals surface area contributed by atoms with Gasteiger partial charge in [0.15, 0.2) is 0 Å². The van der Waals surface area contributed by atoms with Crippen LogP contribution in [0.4, 0.5) is 0 Å². The highest BCUT2D eigenvalue weighted by atomic mass is 14.9. The molecule has 0 radical (unpaired) electrons. The van der Waals surface area contributed by atoms with Crippen LogP contribution in [0.5, 0.6) is 0 Å². The van der Waals surface area contributed by atoms with E-state index in [1.165, 1.54) is 24.8 Å². The number of fused-ring (bicyclic) bond motifs is 1. The molecular formula is C17H25N. The van der Waals surface area contributed by atoms with Crippen molar-refractivity contribution >= 4 is 0 Å². The lowest BCUT2D eigenvalue weighted by molar-refractivity contribution is 0.419. The molecule has 2 rings (SSSR count). The van der Waals surface area contributed by atoms with E-state index in [0.29, 0.717) is 6.04 Å². The maximum absolute atomic E-state index is 3.70. The molecule has 98 valence electrons. The summed E-state index contributed by atoms with van der Waals surface area (Å²) < 4.78 is 0. The molecule has 1 aliphatic rings. The Hall–Kier alpha value is -1.08. The molecular weight excluding hydrogens is 218 g/mol. The van der Waals surface area contributed by atoms with Crippen molar-refractivity contribution in [3.63, 3.8) is 0 Å². The van der Waals surface area contributed by atoms with Gasteiger partial charge in [-0.05, 0) is 56.7 Å². The first-order valence-electron chi connectivity index (χ1n) is 7.16. The van der Waals surface area contributed by atoms with Crippen molar-refractivity contribution in [2.75, 3.05) is 6.54 Å². The first kappa shape index (κ1) is 13.4. The highest BCUT2D eigenvalue weighted by Crippen LogP contribution is 2.29. The van der Waals surface area contributed by atoms with E-state index in [-0.39, 0.29) is 0 Å². The highest BCUT2D eigenvalue weighted by molar-refractivity contribution is 5.33. The molecule has 1 aliphatic carbocycles. The van der Waals surface area contributed by atoms with Crippen molar-refractivity contribution in [2.24, 2.45) is 5.92 Å². The van der Waals surface area contributed by atoms with Gasteiger partial charge in [0.1, 0.15) is 0 Å². The van der Waals surface area contributed by atoms with Gasteiger partial charge in [0.25, 0.3) is 0 Å². The smallest absolute Gasteiger partial charge is 0.0287 e. The SMILES string of the molecule is CCCNC(C=C(C)C)C1Cc2ccccc2C1. The van der Waals surface area contributed by atoms with Gasteiger partial charge in [-0.15, -0.1) is 0 Å². The van der Waals surface area contributed by atoms with Gasteiger partial charge >= 0.3 is 0 Å². The van der Waals surface area contributed by atoms with Gasteiger partial charge in [0.05, 0.1) is 0 Å². The van der Waals surface area contributed by atoms with E-state index in [9.17, 15) is 0 Å². The Bertz CT molecular complexity index is 390. The Kier molecular flexibility index (Phi) is 4.60. The average molecular weight is 243 g/mol. The third-order valence-electron chi connectivity index (χ3n) is 3.73. The lowest BCUT2D eigenvalue weighted by Gasteiger charge is -2.22. The van der Waals surface area contributed by atoms with Crippen LogP contribution >= 0.6 is 0 Å². The zero-order valence-corrected chi connectivity index (χ0v) is 11.9. The Balaban J connectivity index is 2.07. The molecule has 1 nitrogen and oxygen atoms in total. The fraction of sp³-hybridized carbons (Fsp3) is 0.529. The van der Waals surface area contributed by atoms with E-state index in [0.717, 1.165) is 12.5 Å². The van der Waals surface area contributed by atoms with Gasteiger partial charge in [-0.1, -0.05) is 42.8 Å². The lowest BCUT2D eigenvalue weighted by atomic mass is 9.95. The van der Waals surface area contributed by atoms with Crippen molar-refractivity contribution in [3.05, 3.63) is 47.0 Å². The van der Waals surface area contributed by atoms with Crippen LogP contribution in [-0.4, -0.2) is 12.6 Å². The number of allylic oxidation sites excluding steroid dienone is 1. The molecule has 0 spiro atoms.